The molecule has 0 radical (unpaired) electrons. The van der Waals surface area contributed by atoms with Gasteiger partial charge < -0.3 is 14.2 Å². The first-order chi connectivity index (χ1) is 13.2. The Labute approximate surface area is 169 Å². The van der Waals surface area contributed by atoms with Crippen molar-refractivity contribution in [3.05, 3.63) is 47.0 Å². The predicted octanol–water partition coefficient (Wildman–Crippen LogP) is 3.42. The largest absolute Gasteiger partial charge is 0.495 e. The highest BCUT2D eigenvalue weighted by Crippen LogP contribution is 2.35. The van der Waals surface area contributed by atoms with Gasteiger partial charge in [0.1, 0.15) is 18.0 Å². The van der Waals surface area contributed by atoms with Crippen LogP contribution in [0.5, 0.6) is 11.5 Å². The number of nitrogens with zero attached hydrogens (tertiary/aromatic N) is 1. The van der Waals surface area contributed by atoms with E-state index in [4.69, 9.17) is 25.8 Å². The minimum Gasteiger partial charge on any atom is -0.495 e. The van der Waals surface area contributed by atoms with Crippen LogP contribution in [-0.4, -0.2) is 41.8 Å². The number of aryl methyl sites for hydroxylation is 1. The van der Waals surface area contributed by atoms with E-state index in [1.165, 1.54) is 32.4 Å². The molecule has 7 nitrogen and oxygen atoms in total. The maximum atomic E-state index is 13.4. The number of ether oxygens (including phenoxy) is 3. The number of methoxy groups -OCH3 is 2. The lowest BCUT2D eigenvalue weighted by Crippen LogP contribution is -2.37. The van der Waals surface area contributed by atoms with Gasteiger partial charge in [-0.25, -0.2) is 8.42 Å². The summed E-state index contributed by atoms with van der Waals surface area (Å²) in [5, 5.41) is 0.135. The van der Waals surface area contributed by atoms with E-state index in [0.29, 0.717) is 11.5 Å². The van der Waals surface area contributed by atoms with Crippen molar-refractivity contribution in [3.8, 4) is 11.5 Å². The molecule has 0 saturated heterocycles. The number of esters is 1. The monoisotopic (exact) mass is 427 g/mol. The smallest absolute Gasteiger partial charge is 0.326 e. The summed E-state index contributed by atoms with van der Waals surface area (Å²) in [6.07, 6.45) is 0. The van der Waals surface area contributed by atoms with Crippen LogP contribution in [0.1, 0.15) is 12.5 Å². The fourth-order valence-electron chi connectivity index (χ4n) is 2.55. The van der Waals surface area contributed by atoms with E-state index < -0.39 is 22.5 Å². The van der Waals surface area contributed by atoms with E-state index in [1.54, 1.807) is 25.1 Å². The summed E-state index contributed by atoms with van der Waals surface area (Å²) in [5.41, 5.74) is 1.02. The van der Waals surface area contributed by atoms with Gasteiger partial charge in [-0.2, -0.15) is 0 Å². The zero-order valence-electron chi connectivity index (χ0n) is 16.1. The van der Waals surface area contributed by atoms with E-state index in [-0.39, 0.29) is 22.2 Å². The van der Waals surface area contributed by atoms with Crippen LogP contribution in [0.15, 0.2) is 41.3 Å². The number of hydrogen-bond acceptors (Lipinski definition) is 6. The van der Waals surface area contributed by atoms with Gasteiger partial charge in [0.25, 0.3) is 10.0 Å². The van der Waals surface area contributed by atoms with Crippen LogP contribution in [0.4, 0.5) is 5.69 Å². The van der Waals surface area contributed by atoms with Crippen LogP contribution in [0.25, 0.3) is 0 Å². The van der Waals surface area contributed by atoms with Gasteiger partial charge in [0.05, 0.1) is 36.4 Å². The second kappa shape index (κ2) is 9.16. The molecule has 2 aromatic carbocycles. The predicted molar refractivity (Wildman–Crippen MR) is 107 cm³/mol. The van der Waals surface area contributed by atoms with Crippen LogP contribution < -0.4 is 13.8 Å². The van der Waals surface area contributed by atoms with Crippen LogP contribution in [0, 0.1) is 6.92 Å². The van der Waals surface area contributed by atoms with Crippen LogP contribution >= 0.6 is 11.6 Å². The minimum absolute atomic E-state index is 0.0915. The maximum Gasteiger partial charge on any atom is 0.326 e. The van der Waals surface area contributed by atoms with Gasteiger partial charge in [0, 0.05) is 0 Å². The van der Waals surface area contributed by atoms with Crippen molar-refractivity contribution in [2.24, 2.45) is 0 Å². The van der Waals surface area contributed by atoms with E-state index in [9.17, 15) is 13.2 Å². The van der Waals surface area contributed by atoms with Crippen molar-refractivity contribution < 1.29 is 27.4 Å². The van der Waals surface area contributed by atoms with Crippen LogP contribution in [0.2, 0.25) is 5.02 Å². The molecule has 0 aliphatic carbocycles. The third kappa shape index (κ3) is 4.69. The van der Waals surface area contributed by atoms with Gasteiger partial charge in [-0.05, 0) is 49.7 Å². The summed E-state index contributed by atoms with van der Waals surface area (Å²) in [6, 6.07) is 9.13. The van der Waals surface area contributed by atoms with Crippen molar-refractivity contribution in [1.82, 2.24) is 0 Å². The molecule has 0 bridgehead atoms. The second-order valence-electron chi connectivity index (χ2n) is 5.79. The minimum atomic E-state index is -4.15. The summed E-state index contributed by atoms with van der Waals surface area (Å²) in [4.78, 5) is 12.0. The molecule has 9 heteroatoms. The molecule has 0 heterocycles. The molecule has 0 amide bonds. The molecule has 0 spiro atoms. The Balaban J connectivity index is 2.62. The van der Waals surface area contributed by atoms with Crippen molar-refractivity contribution in [2.75, 3.05) is 31.7 Å². The third-order valence-electron chi connectivity index (χ3n) is 3.89. The lowest BCUT2D eigenvalue weighted by Gasteiger charge is -2.25. The standard InChI is InChI=1S/C19H22ClNO6S/c1-5-27-19(22)12-21(16-10-13(2)6-8-18(16)26-4)28(23,24)14-7-9-17(25-3)15(20)11-14/h6-11H,5,12H2,1-4H3. The molecule has 0 aromatic heterocycles. The molecule has 0 atom stereocenters. The zero-order valence-corrected chi connectivity index (χ0v) is 17.6. The number of rotatable bonds is 8. The van der Waals surface area contributed by atoms with Gasteiger partial charge in [-0.15, -0.1) is 0 Å². The Morgan fingerprint density at radius 3 is 2.29 bits per heavy atom. The molecule has 2 aromatic rings. The Kier molecular flexibility index (Phi) is 7.15. The lowest BCUT2D eigenvalue weighted by atomic mass is 10.2. The molecule has 0 unspecified atom stereocenters. The number of hydrogen-bond donors (Lipinski definition) is 0. The molecular weight excluding hydrogens is 406 g/mol. The molecule has 0 aliphatic rings. The molecule has 0 aliphatic heterocycles. The number of benzene rings is 2. The Bertz CT molecular complexity index is 961. The summed E-state index contributed by atoms with van der Waals surface area (Å²) < 4.78 is 43.0. The van der Waals surface area contributed by atoms with E-state index in [0.717, 1.165) is 9.87 Å². The van der Waals surface area contributed by atoms with Crippen molar-refractivity contribution in [2.45, 2.75) is 18.7 Å². The molecule has 0 saturated carbocycles. The lowest BCUT2D eigenvalue weighted by molar-refractivity contribution is -0.141. The summed E-state index contributed by atoms with van der Waals surface area (Å²) in [7, 11) is -1.30. The van der Waals surface area contributed by atoms with E-state index >= 15 is 0 Å². The van der Waals surface area contributed by atoms with Gasteiger partial charge in [0.2, 0.25) is 0 Å². The number of sulfonamides is 1. The molecule has 28 heavy (non-hydrogen) atoms. The molecule has 0 N–H and O–H groups in total. The van der Waals surface area contributed by atoms with Gasteiger partial charge in [0.15, 0.2) is 0 Å². The molecular formula is C19H22ClNO6S. The van der Waals surface area contributed by atoms with Gasteiger partial charge in [-0.1, -0.05) is 17.7 Å². The fourth-order valence-corrected chi connectivity index (χ4v) is 4.31. The average molecular weight is 428 g/mol. The Morgan fingerprint density at radius 2 is 1.71 bits per heavy atom. The first kappa shape index (κ1) is 21.8. The highest BCUT2D eigenvalue weighted by molar-refractivity contribution is 7.92. The second-order valence-corrected chi connectivity index (χ2v) is 8.06. The van der Waals surface area contributed by atoms with E-state index in [1.807, 2.05) is 6.92 Å². The highest BCUT2D eigenvalue weighted by atomic mass is 35.5. The highest BCUT2D eigenvalue weighted by Gasteiger charge is 2.30. The van der Waals surface area contributed by atoms with Crippen molar-refractivity contribution >= 4 is 33.3 Å². The number of carbonyl (C=O) groups is 1. The first-order valence-electron chi connectivity index (χ1n) is 8.41. The van der Waals surface area contributed by atoms with E-state index in [2.05, 4.69) is 0 Å². The van der Waals surface area contributed by atoms with Crippen LogP contribution in [0.3, 0.4) is 0 Å². The molecule has 0 fully saturated rings. The topological polar surface area (TPSA) is 82.1 Å². The Morgan fingerprint density at radius 1 is 1.07 bits per heavy atom. The zero-order chi connectivity index (χ0) is 20.9. The molecule has 152 valence electrons. The third-order valence-corrected chi connectivity index (χ3v) is 5.94. The number of anilines is 1. The summed E-state index contributed by atoms with van der Waals surface area (Å²) in [6.45, 7) is 3.07. The summed E-state index contributed by atoms with van der Waals surface area (Å²) in [5.74, 6) is -0.0435. The van der Waals surface area contributed by atoms with Crippen molar-refractivity contribution in [3.63, 3.8) is 0 Å². The normalized spacial score (nSPS) is 11.0. The first-order valence-corrected chi connectivity index (χ1v) is 10.2. The fraction of sp³-hybridized carbons (Fsp3) is 0.316. The number of carbonyl (C=O) groups excluding carboxylic acids is 1. The number of halogens is 1. The van der Waals surface area contributed by atoms with Crippen LogP contribution in [-0.2, 0) is 19.6 Å². The Hall–Kier alpha value is -2.45. The van der Waals surface area contributed by atoms with Crippen molar-refractivity contribution in [1.29, 1.82) is 0 Å². The maximum absolute atomic E-state index is 13.4. The quantitative estimate of drug-likeness (QED) is 0.600. The summed E-state index contributed by atoms with van der Waals surface area (Å²) >= 11 is 6.10. The molecule has 2 rings (SSSR count). The van der Waals surface area contributed by atoms with Gasteiger partial charge >= 0.3 is 5.97 Å². The van der Waals surface area contributed by atoms with Gasteiger partial charge in [-0.3, -0.25) is 9.10 Å². The average Bonchev–Trinajstić information content (AvgIpc) is 2.66. The SMILES string of the molecule is CCOC(=O)CN(c1cc(C)ccc1OC)S(=O)(=O)c1ccc(OC)c(Cl)c1.